The number of hydrogen-bond acceptors (Lipinski definition) is 4. The van der Waals surface area contributed by atoms with Crippen LogP contribution in [0.4, 0.5) is 11.4 Å². The van der Waals surface area contributed by atoms with E-state index in [1.807, 2.05) is 0 Å². The number of hydrogen-bond donors (Lipinski definition) is 2. The predicted molar refractivity (Wildman–Crippen MR) is 111 cm³/mol. The molecular weight excluding hydrogens is 380 g/mol. The van der Waals surface area contributed by atoms with Crippen LogP contribution in [0.25, 0.3) is 0 Å². The highest BCUT2D eigenvalue weighted by atomic mass is 16.4. The quantitative estimate of drug-likeness (QED) is 0.565. The summed E-state index contributed by atoms with van der Waals surface area (Å²) in [5.74, 6) is -2.40. The lowest BCUT2D eigenvalue weighted by Gasteiger charge is -2.24. The van der Waals surface area contributed by atoms with Gasteiger partial charge in [0.2, 0.25) is 0 Å². The largest absolute Gasteiger partial charge is 0.545 e. The van der Waals surface area contributed by atoms with Gasteiger partial charge in [-0.3, -0.25) is 4.90 Å². The highest BCUT2D eigenvalue weighted by molar-refractivity contribution is 5.87. The SMILES string of the molecule is CC(C[NH+](C)C)C[NH+]1c2ccccc2CCc2ccccc21.O=C([O-])/C=C\C(=O)[O-]. The minimum atomic E-state index is -1.55. The molecule has 0 bridgehead atoms. The molecule has 0 radical (unpaired) electrons. The zero-order valence-corrected chi connectivity index (χ0v) is 17.8. The van der Waals surface area contributed by atoms with Crippen LogP contribution < -0.4 is 20.0 Å². The van der Waals surface area contributed by atoms with Gasteiger partial charge in [-0.25, -0.2) is 0 Å². The van der Waals surface area contributed by atoms with E-state index in [0.29, 0.717) is 18.1 Å². The van der Waals surface area contributed by atoms with Gasteiger partial charge in [-0.1, -0.05) is 43.3 Å². The Kier molecular flexibility index (Phi) is 8.77. The molecular formula is C24H30N2O4. The van der Waals surface area contributed by atoms with Crippen molar-refractivity contribution in [1.29, 1.82) is 0 Å². The number of aliphatic carboxylic acids is 2. The maximum atomic E-state index is 9.41. The Morgan fingerprint density at radius 3 is 1.77 bits per heavy atom. The molecule has 0 aromatic heterocycles. The highest BCUT2D eigenvalue weighted by Crippen LogP contribution is 2.24. The van der Waals surface area contributed by atoms with Crippen LogP contribution in [0, 0.1) is 5.92 Å². The number of para-hydroxylation sites is 2. The standard InChI is InChI=1S/C20H26N2.C4H4O4/c1-16(14-21(2)3)15-22-19-10-6-4-8-17(19)12-13-18-9-5-7-11-20(18)22;5-3(6)1-2-4(7)8/h4-11,16H,12-15H2,1-3H3;1-2H,(H,5,6)(H,7,8)/b;2-1-. The Bertz CT molecular complexity index is 829. The minimum absolute atomic E-state index is 0.384. The lowest BCUT2D eigenvalue weighted by molar-refractivity contribution is -0.867. The number of aryl methyl sites for hydroxylation is 2. The lowest BCUT2D eigenvalue weighted by atomic mass is 10.0. The van der Waals surface area contributed by atoms with E-state index in [1.165, 1.54) is 40.5 Å². The normalized spacial score (nSPS) is 14.3. The van der Waals surface area contributed by atoms with Crippen molar-refractivity contribution in [3.8, 4) is 0 Å². The molecule has 6 nitrogen and oxygen atoms in total. The van der Waals surface area contributed by atoms with E-state index in [-0.39, 0.29) is 0 Å². The Hall–Kier alpha value is -2.96. The van der Waals surface area contributed by atoms with E-state index < -0.39 is 11.9 Å². The summed E-state index contributed by atoms with van der Waals surface area (Å²) in [6.07, 6.45) is 3.08. The maximum Gasteiger partial charge on any atom is 0.139 e. The van der Waals surface area contributed by atoms with Gasteiger partial charge in [-0.15, -0.1) is 0 Å². The molecule has 2 N–H and O–H groups in total. The van der Waals surface area contributed by atoms with E-state index in [9.17, 15) is 19.8 Å². The maximum absolute atomic E-state index is 9.41. The van der Waals surface area contributed by atoms with Gasteiger partial charge in [0.25, 0.3) is 0 Å². The molecule has 0 fully saturated rings. The average molecular weight is 411 g/mol. The summed E-state index contributed by atoms with van der Waals surface area (Å²) in [5, 5.41) is 18.8. The molecule has 0 aliphatic carbocycles. The van der Waals surface area contributed by atoms with Crippen molar-refractivity contribution >= 4 is 23.3 Å². The van der Waals surface area contributed by atoms with Crippen LogP contribution in [0.3, 0.4) is 0 Å². The van der Waals surface area contributed by atoms with E-state index in [0.717, 1.165) is 12.8 Å². The molecule has 3 rings (SSSR count). The molecule has 2 aromatic carbocycles. The summed E-state index contributed by atoms with van der Waals surface area (Å²) >= 11 is 0. The average Bonchev–Trinajstić information content (AvgIpc) is 2.84. The molecule has 6 heteroatoms. The molecule has 1 heterocycles. The van der Waals surface area contributed by atoms with Crippen molar-refractivity contribution < 1.29 is 29.6 Å². The van der Waals surface area contributed by atoms with E-state index >= 15 is 0 Å². The zero-order valence-electron chi connectivity index (χ0n) is 17.8. The van der Waals surface area contributed by atoms with Gasteiger partial charge in [-0.2, -0.15) is 0 Å². The Labute approximate surface area is 178 Å². The third kappa shape index (κ3) is 7.13. The molecule has 0 saturated carbocycles. The lowest BCUT2D eigenvalue weighted by Crippen LogP contribution is -3.09. The number of rotatable bonds is 6. The van der Waals surface area contributed by atoms with E-state index in [2.05, 4.69) is 69.6 Å². The van der Waals surface area contributed by atoms with Gasteiger partial charge in [0.15, 0.2) is 0 Å². The van der Waals surface area contributed by atoms with Gasteiger partial charge in [0.1, 0.15) is 11.4 Å². The van der Waals surface area contributed by atoms with Crippen molar-refractivity contribution in [2.24, 2.45) is 5.92 Å². The minimum Gasteiger partial charge on any atom is -0.545 e. The molecule has 0 amide bonds. The summed E-state index contributed by atoms with van der Waals surface area (Å²) < 4.78 is 0. The molecule has 1 unspecified atom stereocenters. The van der Waals surface area contributed by atoms with Crippen LogP contribution in [-0.2, 0) is 22.4 Å². The number of carboxylic acid groups (broad SMARTS) is 2. The van der Waals surface area contributed by atoms with Crippen LogP contribution in [-0.4, -0.2) is 39.1 Å². The molecule has 0 spiro atoms. The van der Waals surface area contributed by atoms with Crippen LogP contribution in [0.1, 0.15) is 18.1 Å². The van der Waals surface area contributed by atoms with Crippen molar-refractivity contribution in [1.82, 2.24) is 0 Å². The van der Waals surface area contributed by atoms with E-state index in [1.54, 1.807) is 4.90 Å². The monoisotopic (exact) mass is 410 g/mol. The van der Waals surface area contributed by atoms with Gasteiger partial charge >= 0.3 is 0 Å². The Balaban J connectivity index is 0.000000343. The van der Waals surface area contributed by atoms with Gasteiger partial charge in [0.05, 0.1) is 45.0 Å². The van der Waals surface area contributed by atoms with Crippen molar-refractivity contribution in [3.63, 3.8) is 0 Å². The molecule has 1 aliphatic heterocycles. The Morgan fingerprint density at radius 1 is 0.933 bits per heavy atom. The van der Waals surface area contributed by atoms with Gasteiger partial charge < -0.3 is 24.7 Å². The first-order valence-corrected chi connectivity index (χ1v) is 10.2. The fraction of sp³-hybridized carbons (Fsp3) is 0.333. The van der Waals surface area contributed by atoms with Crippen LogP contribution in [0.15, 0.2) is 60.7 Å². The van der Waals surface area contributed by atoms with Gasteiger partial charge in [-0.05, 0) is 37.1 Å². The molecule has 30 heavy (non-hydrogen) atoms. The van der Waals surface area contributed by atoms with Crippen LogP contribution in [0.5, 0.6) is 0 Å². The Morgan fingerprint density at radius 2 is 1.37 bits per heavy atom. The number of carbonyl (C=O) groups is 2. The molecule has 0 saturated heterocycles. The molecule has 2 aromatic rings. The topological polar surface area (TPSA) is 89.1 Å². The third-order valence-corrected chi connectivity index (χ3v) is 5.01. The first kappa shape index (κ1) is 23.3. The number of carbonyl (C=O) groups excluding carboxylic acids is 2. The van der Waals surface area contributed by atoms with Crippen molar-refractivity contribution in [2.75, 3.05) is 27.2 Å². The zero-order chi connectivity index (χ0) is 22.1. The second kappa shape index (κ2) is 11.3. The predicted octanol–water partition coefficient (Wildman–Crippen LogP) is -1.54. The third-order valence-electron chi connectivity index (χ3n) is 5.01. The number of fused-ring (bicyclic) bond motifs is 2. The van der Waals surface area contributed by atoms with Crippen molar-refractivity contribution in [3.05, 3.63) is 71.8 Å². The first-order valence-electron chi connectivity index (χ1n) is 10.2. The summed E-state index contributed by atoms with van der Waals surface area (Å²) in [6, 6.07) is 18.0. The molecule has 1 atom stereocenters. The fourth-order valence-corrected chi connectivity index (χ4v) is 3.95. The second-order valence-electron chi connectivity index (χ2n) is 7.98. The summed E-state index contributed by atoms with van der Waals surface area (Å²) in [4.78, 5) is 21.9. The van der Waals surface area contributed by atoms with Crippen LogP contribution in [0.2, 0.25) is 0 Å². The number of quaternary nitrogens is 2. The van der Waals surface area contributed by atoms with Crippen molar-refractivity contribution in [2.45, 2.75) is 19.8 Å². The summed E-state index contributed by atoms with van der Waals surface area (Å²) in [5.41, 5.74) is 5.98. The number of benzene rings is 2. The summed E-state index contributed by atoms with van der Waals surface area (Å²) in [7, 11) is 4.49. The molecule has 1 aliphatic rings. The second-order valence-corrected chi connectivity index (χ2v) is 7.98. The van der Waals surface area contributed by atoms with Crippen LogP contribution >= 0.6 is 0 Å². The van der Waals surface area contributed by atoms with E-state index in [4.69, 9.17) is 0 Å². The number of carboxylic acids is 2. The fourth-order valence-electron chi connectivity index (χ4n) is 3.95. The first-order chi connectivity index (χ1) is 14.3. The smallest absolute Gasteiger partial charge is 0.139 e. The highest BCUT2D eigenvalue weighted by Gasteiger charge is 2.27. The number of nitrogens with one attached hydrogen (secondary N) is 2. The van der Waals surface area contributed by atoms with Gasteiger partial charge in [0, 0.05) is 11.1 Å². The summed E-state index contributed by atoms with van der Waals surface area (Å²) in [6.45, 7) is 4.77. The molecule has 160 valence electrons.